The zero-order chi connectivity index (χ0) is 22.8. The number of benzene rings is 2. The second kappa shape index (κ2) is 8.35. The van der Waals surface area contributed by atoms with Crippen molar-refractivity contribution >= 4 is 35.6 Å². The Kier molecular flexibility index (Phi) is 5.43. The summed E-state index contributed by atoms with van der Waals surface area (Å²) in [5.74, 6) is -1.55. The lowest BCUT2D eigenvalue weighted by Gasteiger charge is -2.26. The van der Waals surface area contributed by atoms with Gasteiger partial charge in [-0.05, 0) is 43.3 Å². The number of hydrogen-bond acceptors (Lipinski definition) is 6. The monoisotopic (exact) mass is 430 g/mol. The minimum absolute atomic E-state index is 0.205. The number of carbonyl (C=O) groups excluding carboxylic acids is 4. The molecule has 4 amide bonds. The average Bonchev–Trinajstić information content (AvgIpc) is 3.26. The second-order valence-electron chi connectivity index (χ2n) is 7.03. The van der Waals surface area contributed by atoms with E-state index in [4.69, 9.17) is 9.15 Å². The third-order valence-electron chi connectivity index (χ3n) is 4.91. The van der Waals surface area contributed by atoms with Gasteiger partial charge in [-0.15, -0.1) is 0 Å². The number of carbonyl (C=O) groups is 4. The normalized spacial score (nSPS) is 15.1. The number of nitrogens with zero attached hydrogens (tertiary/aromatic N) is 1. The van der Waals surface area contributed by atoms with Gasteiger partial charge in [-0.25, -0.2) is 14.5 Å². The molecule has 1 aromatic heterocycles. The fraction of sp³-hybridized carbons (Fsp3) is 0.0833. The number of aryl methyl sites for hydroxylation is 1. The van der Waals surface area contributed by atoms with Crippen LogP contribution in [0.25, 0.3) is 17.4 Å². The molecule has 2 heterocycles. The first kappa shape index (κ1) is 20.8. The number of furan rings is 1. The van der Waals surface area contributed by atoms with Crippen LogP contribution in [-0.2, 0) is 14.3 Å². The first-order valence-corrected chi connectivity index (χ1v) is 9.64. The molecule has 2 aromatic carbocycles. The van der Waals surface area contributed by atoms with Crippen LogP contribution < -0.4 is 10.2 Å². The topological polar surface area (TPSA) is 106 Å². The maximum absolute atomic E-state index is 13.0. The van der Waals surface area contributed by atoms with E-state index in [9.17, 15) is 19.2 Å². The molecule has 0 radical (unpaired) electrons. The van der Waals surface area contributed by atoms with E-state index in [0.717, 1.165) is 10.5 Å². The Balaban J connectivity index is 1.69. The van der Waals surface area contributed by atoms with Crippen LogP contribution in [0.1, 0.15) is 21.7 Å². The van der Waals surface area contributed by atoms with Crippen LogP contribution in [0.15, 0.2) is 70.7 Å². The highest BCUT2D eigenvalue weighted by Crippen LogP contribution is 2.28. The first-order chi connectivity index (χ1) is 15.4. The highest BCUT2D eigenvalue weighted by molar-refractivity contribution is 6.39. The maximum Gasteiger partial charge on any atom is 0.338 e. The Morgan fingerprint density at radius 2 is 1.72 bits per heavy atom. The largest absolute Gasteiger partial charge is 0.465 e. The van der Waals surface area contributed by atoms with E-state index in [0.29, 0.717) is 22.6 Å². The molecule has 3 aromatic rings. The van der Waals surface area contributed by atoms with Crippen LogP contribution in [0.4, 0.5) is 10.5 Å². The molecule has 0 bridgehead atoms. The summed E-state index contributed by atoms with van der Waals surface area (Å²) in [6, 6.07) is 15.8. The van der Waals surface area contributed by atoms with E-state index >= 15 is 0 Å². The Morgan fingerprint density at radius 1 is 1.00 bits per heavy atom. The van der Waals surface area contributed by atoms with Crippen molar-refractivity contribution in [3.63, 3.8) is 0 Å². The second-order valence-corrected chi connectivity index (χ2v) is 7.03. The number of urea groups is 1. The van der Waals surface area contributed by atoms with E-state index in [1.165, 1.54) is 13.2 Å². The van der Waals surface area contributed by atoms with E-state index in [2.05, 4.69) is 5.32 Å². The third kappa shape index (κ3) is 3.81. The summed E-state index contributed by atoms with van der Waals surface area (Å²) in [7, 11) is 1.28. The molecule has 32 heavy (non-hydrogen) atoms. The van der Waals surface area contributed by atoms with Crippen molar-refractivity contribution in [3.8, 4) is 11.3 Å². The van der Waals surface area contributed by atoms with Crippen LogP contribution in [-0.4, -0.2) is 30.9 Å². The molecular weight excluding hydrogens is 412 g/mol. The van der Waals surface area contributed by atoms with Gasteiger partial charge in [0.25, 0.3) is 11.8 Å². The van der Waals surface area contributed by atoms with Gasteiger partial charge in [0.1, 0.15) is 17.1 Å². The fourth-order valence-corrected chi connectivity index (χ4v) is 3.29. The van der Waals surface area contributed by atoms with Crippen LogP contribution >= 0.6 is 0 Å². The summed E-state index contributed by atoms with van der Waals surface area (Å²) in [5.41, 5.74) is 1.85. The molecule has 0 spiro atoms. The lowest BCUT2D eigenvalue weighted by Crippen LogP contribution is -2.54. The smallest absolute Gasteiger partial charge is 0.338 e. The van der Waals surface area contributed by atoms with Gasteiger partial charge in [-0.1, -0.05) is 35.9 Å². The molecule has 0 atom stereocenters. The lowest BCUT2D eigenvalue weighted by atomic mass is 10.1. The van der Waals surface area contributed by atoms with Crippen LogP contribution in [0.3, 0.4) is 0 Å². The quantitative estimate of drug-likeness (QED) is 0.384. The molecule has 1 N–H and O–H groups in total. The van der Waals surface area contributed by atoms with E-state index < -0.39 is 23.8 Å². The van der Waals surface area contributed by atoms with Crippen molar-refractivity contribution in [2.75, 3.05) is 12.0 Å². The fourth-order valence-electron chi connectivity index (χ4n) is 3.29. The first-order valence-electron chi connectivity index (χ1n) is 9.64. The number of ether oxygens (including phenoxy) is 1. The molecule has 0 saturated carbocycles. The van der Waals surface area contributed by atoms with Gasteiger partial charge in [0.15, 0.2) is 0 Å². The van der Waals surface area contributed by atoms with Crippen molar-refractivity contribution < 1.29 is 28.3 Å². The number of methoxy groups -OCH3 is 1. The van der Waals surface area contributed by atoms with E-state index in [1.807, 2.05) is 6.92 Å². The molecule has 1 fully saturated rings. The zero-order valence-electron chi connectivity index (χ0n) is 17.2. The molecule has 1 aliphatic rings. The standard InChI is InChI=1S/C24H18N2O6/c1-14-7-9-15(10-8-14)26-22(28)19(21(27)25-24(26)30)13-16-11-12-20(32-16)17-5-3-4-6-18(17)23(29)31-2/h3-13H,1-2H3,(H,25,27,30). The Bertz CT molecular complexity index is 1270. The number of anilines is 1. The van der Waals surface area contributed by atoms with Crippen LogP contribution in [0.2, 0.25) is 0 Å². The highest BCUT2D eigenvalue weighted by Gasteiger charge is 2.37. The van der Waals surface area contributed by atoms with Gasteiger partial charge >= 0.3 is 12.0 Å². The van der Waals surface area contributed by atoms with Gasteiger partial charge in [0.05, 0.1) is 18.4 Å². The maximum atomic E-state index is 13.0. The Morgan fingerprint density at radius 3 is 2.44 bits per heavy atom. The van der Waals surface area contributed by atoms with Gasteiger partial charge < -0.3 is 9.15 Å². The van der Waals surface area contributed by atoms with Gasteiger partial charge in [0.2, 0.25) is 0 Å². The molecule has 160 valence electrons. The molecular formula is C24H18N2O6. The summed E-state index contributed by atoms with van der Waals surface area (Å²) in [5, 5.41) is 2.17. The minimum Gasteiger partial charge on any atom is -0.465 e. The lowest BCUT2D eigenvalue weighted by molar-refractivity contribution is -0.122. The van der Waals surface area contributed by atoms with Crippen molar-refractivity contribution in [2.45, 2.75) is 6.92 Å². The Hall–Kier alpha value is -4.46. The van der Waals surface area contributed by atoms with E-state index in [1.54, 1.807) is 60.7 Å². The van der Waals surface area contributed by atoms with E-state index in [-0.39, 0.29) is 11.3 Å². The number of imide groups is 2. The molecule has 1 aliphatic heterocycles. The summed E-state index contributed by atoms with van der Waals surface area (Å²) in [4.78, 5) is 50.5. The number of esters is 1. The number of rotatable bonds is 4. The highest BCUT2D eigenvalue weighted by atomic mass is 16.5. The molecule has 0 unspecified atom stereocenters. The predicted molar refractivity (Wildman–Crippen MR) is 116 cm³/mol. The molecule has 8 heteroatoms. The summed E-state index contributed by atoms with van der Waals surface area (Å²) in [6.07, 6.45) is 1.26. The van der Waals surface area contributed by atoms with Crippen molar-refractivity contribution in [2.24, 2.45) is 0 Å². The van der Waals surface area contributed by atoms with Crippen molar-refractivity contribution in [1.29, 1.82) is 0 Å². The number of nitrogens with one attached hydrogen (secondary N) is 1. The van der Waals surface area contributed by atoms with Crippen LogP contribution in [0.5, 0.6) is 0 Å². The molecule has 8 nitrogen and oxygen atoms in total. The van der Waals surface area contributed by atoms with Gasteiger partial charge in [-0.3, -0.25) is 14.9 Å². The minimum atomic E-state index is -0.826. The zero-order valence-corrected chi connectivity index (χ0v) is 17.2. The average molecular weight is 430 g/mol. The molecule has 0 aliphatic carbocycles. The van der Waals surface area contributed by atoms with Gasteiger partial charge in [-0.2, -0.15) is 0 Å². The summed E-state index contributed by atoms with van der Waals surface area (Å²) >= 11 is 0. The van der Waals surface area contributed by atoms with Gasteiger partial charge in [0, 0.05) is 5.56 Å². The summed E-state index contributed by atoms with van der Waals surface area (Å²) in [6.45, 7) is 1.88. The third-order valence-corrected chi connectivity index (χ3v) is 4.91. The molecule has 4 rings (SSSR count). The van der Waals surface area contributed by atoms with Crippen molar-refractivity contribution in [3.05, 3.63) is 83.1 Å². The number of barbiturate groups is 1. The predicted octanol–water partition coefficient (Wildman–Crippen LogP) is 3.71. The molecule has 1 saturated heterocycles. The summed E-state index contributed by atoms with van der Waals surface area (Å²) < 4.78 is 10.6. The Labute approximate surface area is 183 Å². The van der Waals surface area contributed by atoms with Crippen LogP contribution in [0, 0.1) is 6.92 Å². The number of hydrogen-bond donors (Lipinski definition) is 1. The number of amides is 4. The SMILES string of the molecule is COC(=O)c1ccccc1-c1ccc(C=C2C(=O)NC(=O)N(c3ccc(C)cc3)C2=O)o1. The van der Waals surface area contributed by atoms with Crippen molar-refractivity contribution in [1.82, 2.24) is 5.32 Å².